The molecule has 0 aliphatic heterocycles. The third-order valence-corrected chi connectivity index (χ3v) is 5.74. The fraction of sp³-hybridized carbons (Fsp3) is 0.174. The number of benzene rings is 2. The molecule has 29 heavy (non-hydrogen) atoms. The van der Waals surface area contributed by atoms with E-state index in [9.17, 15) is 0 Å². The van der Waals surface area contributed by atoms with Crippen LogP contribution in [0.5, 0.6) is 0 Å². The van der Waals surface area contributed by atoms with E-state index in [1.165, 1.54) is 0 Å². The molecular weight excluding hydrogens is 469 g/mol. The zero-order chi connectivity index (χ0) is 20.8. The molecule has 0 amide bonds. The standard InChI is InChI=1S/C23H18BrCl2N3/c1-23(2,3)22-28-20(26)17-12-16(13-8-10-14(24)11-9-13)19(27-21(17)29-22)15-6-4-5-7-18(15)25/h4-12H,1-3H3. The van der Waals surface area contributed by atoms with Crippen LogP contribution in [0.2, 0.25) is 10.2 Å². The molecule has 0 atom stereocenters. The van der Waals surface area contributed by atoms with Gasteiger partial charge in [0.25, 0.3) is 0 Å². The van der Waals surface area contributed by atoms with Crippen LogP contribution in [0.3, 0.4) is 0 Å². The van der Waals surface area contributed by atoms with Crippen molar-refractivity contribution in [3.63, 3.8) is 0 Å². The monoisotopic (exact) mass is 485 g/mol. The number of rotatable bonds is 2. The van der Waals surface area contributed by atoms with Gasteiger partial charge < -0.3 is 0 Å². The first-order chi connectivity index (χ1) is 13.7. The normalized spacial score (nSPS) is 11.8. The number of halogens is 3. The Hall–Kier alpha value is -2.01. The summed E-state index contributed by atoms with van der Waals surface area (Å²) < 4.78 is 1.01. The van der Waals surface area contributed by atoms with E-state index >= 15 is 0 Å². The summed E-state index contributed by atoms with van der Waals surface area (Å²) in [5.74, 6) is 0.656. The predicted molar refractivity (Wildman–Crippen MR) is 125 cm³/mol. The number of aromatic nitrogens is 3. The molecular formula is C23H18BrCl2N3. The Morgan fingerprint density at radius 1 is 0.828 bits per heavy atom. The van der Waals surface area contributed by atoms with Gasteiger partial charge in [-0.25, -0.2) is 15.0 Å². The molecule has 0 spiro atoms. The Balaban J connectivity index is 2.07. The van der Waals surface area contributed by atoms with Gasteiger partial charge in [-0.15, -0.1) is 0 Å². The van der Waals surface area contributed by atoms with Crippen molar-refractivity contribution in [2.24, 2.45) is 0 Å². The van der Waals surface area contributed by atoms with Crippen molar-refractivity contribution < 1.29 is 0 Å². The van der Waals surface area contributed by atoms with Crippen LogP contribution < -0.4 is 0 Å². The van der Waals surface area contributed by atoms with Gasteiger partial charge in [-0.3, -0.25) is 0 Å². The summed E-state index contributed by atoms with van der Waals surface area (Å²) in [5.41, 5.74) is 3.86. The van der Waals surface area contributed by atoms with E-state index in [1.807, 2.05) is 54.6 Å². The van der Waals surface area contributed by atoms with E-state index < -0.39 is 0 Å². The summed E-state index contributed by atoms with van der Waals surface area (Å²) in [6, 6.07) is 17.7. The van der Waals surface area contributed by atoms with Crippen molar-refractivity contribution in [3.05, 3.63) is 75.1 Å². The number of pyridine rings is 1. The second-order valence-electron chi connectivity index (χ2n) is 7.83. The third-order valence-electron chi connectivity index (χ3n) is 4.60. The van der Waals surface area contributed by atoms with Gasteiger partial charge in [-0.05, 0) is 29.8 Å². The maximum absolute atomic E-state index is 6.56. The van der Waals surface area contributed by atoms with Gasteiger partial charge in [-0.1, -0.05) is 90.2 Å². The summed E-state index contributed by atoms with van der Waals surface area (Å²) in [4.78, 5) is 14.1. The topological polar surface area (TPSA) is 38.7 Å². The zero-order valence-electron chi connectivity index (χ0n) is 16.2. The number of hydrogen-bond acceptors (Lipinski definition) is 3. The number of fused-ring (bicyclic) bond motifs is 1. The Morgan fingerprint density at radius 2 is 1.52 bits per heavy atom. The molecule has 0 bridgehead atoms. The highest BCUT2D eigenvalue weighted by molar-refractivity contribution is 9.10. The van der Waals surface area contributed by atoms with Crippen LogP contribution in [0, 0.1) is 0 Å². The molecule has 0 fully saturated rings. The zero-order valence-corrected chi connectivity index (χ0v) is 19.3. The second kappa shape index (κ2) is 7.67. The van der Waals surface area contributed by atoms with Crippen LogP contribution in [-0.4, -0.2) is 15.0 Å². The minimum absolute atomic E-state index is 0.242. The molecule has 0 saturated carbocycles. The minimum Gasteiger partial charge on any atom is -0.227 e. The van der Waals surface area contributed by atoms with E-state index in [0.29, 0.717) is 27.0 Å². The predicted octanol–water partition coefficient (Wildman–Crippen LogP) is 7.73. The van der Waals surface area contributed by atoms with Gasteiger partial charge >= 0.3 is 0 Å². The largest absolute Gasteiger partial charge is 0.227 e. The molecule has 2 heterocycles. The van der Waals surface area contributed by atoms with Gasteiger partial charge in [-0.2, -0.15) is 0 Å². The van der Waals surface area contributed by atoms with Gasteiger partial charge in [0, 0.05) is 26.0 Å². The van der Waals surface area contributed by atoms with Crippen molar-refractivity contribution in [2.45, 2.75) is 26.2 Å². The van der Waals surface area contributed by atoms with E-state index in [-0.39, 0.29) is 5.41 Å². The molecule has 3 nitrogen and oxygen atoms in total. The quantitative estimate of drug-likeness (QED) is 0.272. The summed E-state index contributed by atoms with van der Waals surface area (Å²) in [7, 11) is 0. The lowest BCUT2D eigenvalue weighted by Gasteiger charge is -2.18. The molecule has 0 radical (unpaired) electrons. The molecule has 6 heteroatoms. The van der Waals surface area contributed by atoms with Crippen molar-refractivity contribution >= 4 is 50.2 Å². The number of hydrogen-bond donors (Lipinski definition) is 0. The lowest BCUT2D eigenvalue weighted by Crippen LogP contribution is -2.16. The van der Waals surface area contributed by atoms with Crippen LogP contribution in [0.25, 0.3) is 33.4 Å². The molecule has 0 aliphatic carbocycles. The first kappa shape index (κ1) is 20.3. The number of nitrogens with zero attached hydrogens (tertiary/aromatic N) is 3. The summed E-state index contributed by atoms with van der Waals surface area (Å²) in [6.07, 6.45) is 0. The van der Waals surface area contributed by atoms with Crippen LogP contribution in [0.1, 0.15) is 26.6 Å². The Morgan fingerprint density at radius 3 is 2.17 bits per heavy atom. The van der Waals surface area contributed by atoms with E-state index in [0.717, 1.165) is 26.9 Å². The average molecular weight is 487 g/mol. The lowest BCUT2D eigenvalue weighted by atomic mass is 9.95. The molecule has 0 N–H and O–H groups in total. The van der Waals surface area contributed by atoms with Crippen LogP contribution in [0.4, 0.5) is 0 Å². The Kier molecular flexibility index (Phi) is 5.36. The molecule has 146 valence electrons. The molecule has 2 aromatic carbocycles. The Labute approximate surface area is 188 Å². The molecule has 0 unspecified atom stereocenters. The van der Waals surface area contributed by atoms with Gasteiger partial charge in [0.1, 0.15) is 11.0 Å². The van der Waals surface area contributed by atoms with Gasteiger partial charge in [0.15, 0.2) is 5.65 Å². The van der Waals surface area contributed by atoms with E-state index in [4.69, 9.17) is 33.2 Å². The summed E-state index contributed by atoms with van der Waals surface area (Å²) in [5, 5.41) is 1.75. The maximum atomic E-state index is 6.56. The molecule has 2 aromatic heterocycles. The van der Waals surface area contributed by atoms with Crippen LogP contribution in [-0.2, 0) is 5.41 Å². The highest BCUT2D eigenvalue weighted by Gasteiger charge is 2.22. The fourth-order valence-corrected chi connectivity index (χ4v) is 3.77. The first-order valence-electron chi connectivity index (χ1n) is 9.13. The molecule has 4 aromatic rings. The molecule has 0 aliphatic rings. The summed E-state index contributed by atoms with van der Waals surface area (Å²) >= 11 is 16.6. The lowest BCUT2D eigenvalue weighted by molar-refractivity contribution is 0.548. The third kappa shape index (κ3) is 4.02. The highest BCUT2D eigenvalue weighted by Crippen LogP contribution is 2.38. The van der Waals surface area contributed by atoms with Crippen molar-refractivity contribution in [2.75, 3.05) is 0 Å². The van der Waals surface area contributed by atoms with Crippen molar-refractivity contribution in [3.8, 4) is 22.4 Å². The van der Waals surface area contributed by atoms with Crippen molar-refractivity contribution in [1.82, 2.24) is 15.0 Å². The second-order valence-corrected chi connectivity index (χ2v) is 9.51. The van der Waals surface area contributed by atoms with E-state index in [2.05, 4.69) is 41.7 Å². The SMILES string of the molecule is CC(C)(C)c1nc(Cl)c2cc(-c3ccc(Br)cc3)c(-c3ccccc3Cl)nc2n1. The van der Waals surface area contributed by atoms with Crippen LogP contribution >= 0.6 is 39.1 Å². The smallest absolute Gasteiger partial charge is 0.165 e. The first-order valence-corrected chi connectivity index (χ1v) is 10.7. The van der Waals surface area contributed by atoms with E-state index in [1.54, 1.807) is 0 Å². The fourth-order valence-electron chi connectivity index (χ4n) is 3.06. The average Bonchev–Trinajstić information content (AvgIpc) is 2.67. The summed E-state index contributed by atoms with van der Waals surface area (Å²) in [6.45, 7) is 6.15. The molecule has 0 saturated heterocycles. The van der Waals surface area contributed by atoms with Gasteiger partial charge in [0.05, 0.1) is 11.1 Å². The highest BCUT2D eigenvalue weighted by atomic mass is 79.9. The maximum Gasteiger partial charge on any atom is 0.165 e. The minimum atomic E-state index is -0.242. The van der Waals surface area contributed by atoms with Gasteiger partial charge in [0.2, 0.25) is 0 Å². The Bertz CT molecular complexity index is 1220. The molecule has 4 rings (SSSR count). The van der Waals surface area contributed by atoms with Crippen LogP contribution in [0.15, 0.2) is 59.1 Å². The van der Waals surface area contributed by atoms with Crippen molar-refractivity contribution in [1.29, 1.82) is 0 Å².